The summed E-state index contributed by atoms with van der Waals surface area (Å²) in [6.07, 6.45) is 8.75. The average molecular weight is 431 g/mol. The highest BCUT2D eigenvalue weighted by Crippen LogP contribution is 2.13. The van der Waals surface area contributed by atoms with Crippen molar-refractivity contribution in [1.29, 1.82) is 0 Å². The Hall–Kier alpha value is -3.23. The maximum Gasteiger partial charge on any atom is 0.124 e. The summed E-state index contributed by atoms with van der Waals surface area (Å²) in [6, 6.07) is 10.5. The van der Waals surface area contributed by atoms with Gasteiger partial charge in [0, 0.05) is 17.5 Å². The Morgan fingerprint density at radius 2 is 1.97 bits per heavy atom. The third kappa shape index (κ3) is 7.47. The Morgan fingerprint density at radius 1 is 1.16 bits per heavy atom. The van der Waals surface area contributed by atoms with Crippen LogP contribution >= 0.6 is 0 Å². The quantitative estimate of drug-likeness (QED) is 0.551. The van der Waals surface area contributed by atoms with E-state index in [-0.39, 0.29) is 5.82 Å². The van der Waals surface area contributed by atoms with Gasteiger partial charge in [0.15, 0.2) is 0 Å². The maximum absolute atomic E-state index is 12.9. The van der Waals surface area contributed by atoms with Gasteiger partial charge in [-0.1, -0.05) is 30.6 Å². The van der Waals surface area contributed by atoms with Gasteiger partial charge in [0.1, 0.15) is 5.82 Å². The average Bonchev–Trinajstić information content (AvgIpc) is 3.46. The fraction of sp³-hybridized carbons (Fsp3) is 0.333. The first-order valence-electron chi connectivity index (χ1n) is 11.1. The van der Waals surface area contributed by atoms with Gasteiger partial charge in [-0.3, -0.25) is 10.1 Å². The summed E-state index contributed by atoms with van der Waals surface area (Å²) in [5.74, 6) is 5.55. The molecular formula is C27H31FN4. The van der Waals surface area contributed by atoms with E-state index in [1.165, 1.54) is 62.3 Å². The number of H-pyrrole nitrogens is 1. The van der Waals surface area contributed by atoms with E-state index in [9.17, 15) is 4.39 Å². The van der Waals surface area contributed by atoms with Crippen molar-refractivity contribution in [2.24, 2.45) is 0 Å². The zero-order valence-electron chi connectivity index (χ0n) is 19.0. The Labute approximate surface area is 190 Å². The number of nitrogens with one attached hydrogen (secondary N) is 1. The van der Waals surface area contributed by atoms with Crippen molar-refractivity contribution in [1.82, 2.24) is 20.1 Å². The van der Waals surface area contributed by atoms with Crippen molar-refractivity contribution in [2.45, 2.75) is 39.5 Å². The van der Waals surface area contributed by atoms with Crippen LogP contribution in [0.15, 0.2) is 55.4 Å². The minimum atomic E-state index is -0.288. The monoisotopic (exact) mass is 430 g/mol. The highest BCUT2D eigenvalue weighted by molar-refractivity contribution is 5.64. The van der Waals surface area contributed by atoms with E-state index >= 15 is 0 Å². The van der Waals surface area contributed by atoms with Crippen LogP contribution in [0.25, 0.3) is 5.57 Å². The van der Waals surface area contributed by atoms with Gasteiger partial charge in [-0.2, -0.15) is 5.10 Å². The molecule has 4 rings (SSSR count). The van der Waals surface area contributed by atoms with Crippen LogP contribution in [0.1, 0.15) is 54.3 Å². The van der Waals surface area contributed by atoms with Crippen molar-refractivity contribution in [3.05, 3.63) is 89.3 Å². The topological polar surface area (TPSA) is 44.8 Å². The minimum Gasteiger partial charge on any atom is -0.303 e. The molecule has 0 radical (unpaired) electrons. The minimum absolute atomic E-state index is 0.288. The second-order valence-electron chi connectivity index (χ2n) is 8.18. The van der Waals surface area contributed by atoms with Crippen LogP contribution in [0.2, 0.25) is 0 Å². The number of hydrogen-bond acceptors (Lipinski definition) is 3. The first kappa shape index (κ1) is 23.4. The highest BCUT2D eigenvalue weighted by Gasteiger charge is 2.10. The van der Waals surface area contributed by atoms with Crippen molar-refractivity contribution >= 4 is 5.57 Å². The van der Waals surface area contributed by atoms with Crippen LogP contribution in [0.5, 0.6) is 0 Å². The van der Waals surface area contributed by atoms with E-state index in [0.29, 0.717) is 5.56 Å². The van der Waals surface area contributed by atoms with Gasteiger partial charge in [0.25, 0.3) is 0 Å². The normalized spacial score (nSPS) is 13.1. The van der Waals surface area contributed by atoms with Crippen LogP contribution in [-0.2, 0) is 6.42 Å². The van der Waals surface area contributed by atoms with E-state index in [0.717, 1.165) is 23.3 Å². The van der Waals surface area contributed by atoms with Crippen molar-refractivity contribution in [3.8, 4) is 11.8 Å². The van der Waals surface area contributed by atoms with Crippen molar-refractivity contribution < 1.29 is 4.39 Å². The standard InChI is InChI=1S/C14H11FN2.C13H20N2/c1-10(2)14-12(9-16-17-14)7-6-11-4-3-5-13(15)8-11;1-12-6-7-13(14-11-12)5-4-10-15-8-2-3-9-15/h3-5,8-9H,1H2,2H3,(H,16,17);6-7,11H,2-5,8-10H2,1H3. The molecule has 1 saturated heterocycles. The first-order chi connectivity index (χ1) is 15.5. The lowest BCUT2D eigenvalue weighted by Crippen LogP contribution is -2.20. The summed E-state index contributed by atoms with van der Waals surface area (Å²) in [7, 11) is 0. The molecule has 0 amide bonds. The lowest BCUT2D eigenvalue weighted by Gasteiger charge is -2.13. The van der Waals surface area contributed by atoms with Crippen molar-refractivity contribution in [3.63, 3.8) is 0 Å². The number of likely N-dealkylation sites (tertiary alicyclic amines) is 1. The number of pyridine rings is 1. The molecule has 0 bridgehead atoms. The van der Waals surface area contributed by atoms with E-state index < -0.39 is 0 Å². The fourth-order valence-corrected chi connectivity index (χ4v) is 3.55. The summed E-state index contributed by atoms with van der Waals surface area (Å²) < 4.78 is 12.9. The second kappa shape index (κ2) is 12.0. The SMILES string of the molecule is C=C(C)c1[nH]ncc1C#Cc1cccc(F)c1.Cc1ccc(CCCN2CCCC2)nc1. The number of halogens is 1. The van der Waals surface area contributed by atoms with E-state index in [1.807, 2.05) is 13.1 Å². The van der Waals surface area contributed by atoms with Crippen LogP contribution < -0.4 is 0 Å². The van der Waals surface area contributed by atoms with Gasteiger partial charge in [-0.05, 0) is 94.6 Å². The van der Waals surface area contributed by atoms with Crippen LogP contribution in [0.3, 0.4) is 0 Å². The predicted octanol–water partition coefficient (Wildman–Crippen LogP) is 5.40. The molecule has 0 unspecified atom stereocenters. The molecule has 2 aromatic heterocycles. The van der Waals surface area contributed by atoms with Crippen LogP contribution in [0.4, 0.5) is 4.39 Å². The summed E-state index contributed by atoms with van der Waals surface area (Å²) in [5.41, 5.74) is 5.57. The fourth-order valence-electron chi connectivity index (χ4n) is 3.55. The number of hydrogen-bond donors (Lipinski definition) is 1. The molecule has 3 aromatic rings. The van der Waals surface area contributed by atoms with Gasteiger partial charge in [0.05, 0.1) is 17.5 Å². The number of benzene rings is 1. The van der Waals surface area contributed by atoms with Crippen LogP contribution in [0, 0.1) is 24.6 Å². The van der Waals surface area contributed by atoms with E-state index in [2.05, 4.69) is 57.6 Å². The summed E-state index contributed by atoms with van der Waals surface area (Å²) >= 11 is 0. The molecule has 1 aliphatic rings. The molecule has 5 heteroatoms. The predicted molar refractivity (Wildman–Crippen MR) is 129 cm³/mol. The molecule has 4 nitrogen and oxygen atoms in total. The van der Waals surface area contributed by atoms with Gasteiger partial charge < -0.3 is 4.90 Å². The largest absolute Gasteiger partial charge is 0.303 e. The van der Waals surface area contributed by atoms with Gasteiger partial charge in [0.2, 0.25) is 0 Å². The molecule has 1 aromatic carbocycles. The zero-order valence-corrected chi connectivity index (χ0v) is 19.0. The number of aryl methyl sites for hydroxylation is 2. The highest BCUT2D eigenvalue weighted by atomic mass is 19.1. The number of aromatic nitrogens is 3. The molecule has 0 atom stereocenters. The summed E-state index contributed by atoms with van der Waals surface area (Å²) in [5, 5.41) is 6.74. The van der Waals surface area contributed by atoms with Gasteiger partial charge in [-0.25, -0.2) is 4.39 Å². The van der Waals surface area contributed by atoms with E-state index in [1.54, 1.807) is 18.3 Å². The molecule has 1 fully saturated rings. The summed E-state index contributed by atoms with van der Waals surface area (Å²) in [6.45, 7) is 11.6. The molecule has 166 valence electrons. The maximum atomic E-state index is 12.9. The van der Waals surface area contributed by atoms with E-state index in [4.69, 9.17) is 0 Å². The number of nitrogens with zero attached hydrogens (tertiary/aromatic N) is 3. The Balaban J connectivity index is 0.000000182. The third-order valence-electron chi connectivity index (χ3n) is 5.31. The molecule has 3 heterocycles. The number of rotatable bonds is 5. The lowest BCUT2D eigenvalue weighted by atomic mass is 10.1. The third-order valence-corrected chi connectivity index (χ3v) is 5.31. The smallest absolute Gasteiger partial charge is 0.124 e. The van der Waals surface area contributed by atoms with Gasteiger partial charge >= 0.3 is 0 Å². The second-order valence-corrected chi connectivity index (χ2v) is 8.18. The first-order valence-corrected chi connectivity index (χ1v) is 11.1. The molecule has 0 spiro atoms. The number of aromatic amines is 1. The molecule has 1 N–H and O–H groups in total. The zero-order chi connectivity index (χ0) is 22.8. The Bertz CT molecular complexity index is 1070. The number of allylic oxidation sites excluding steroid dienone is 1. The summed E-state index contributed by atoms with van der Waals surface area (Å²) in [4.78, 5) is 6.99. The van der Waals surface area contributed by atoms with Gasteiger partial charge in [-0.15, -0.1) is 0 Å². The molecular weight excluding hydrogens is 399 g/mol. The Kier molecular flexibility index (Phi) is 8.77. The van der Waals surface area contributed by atoms with Crippen molar-refractivity contribution in [2.75, 3.05) is 19.6 Å². The lowest BCUT2D eigenvalue weighted by molar-refractivity contribution is 0.333. The molecule has 0 aliphatic carbocycles. The molecule has 0 saturated carbocycles. The molecule has 32 heavy (non-hydrogen) atoms. The Morgan fingerprint density at radius 3 is 2.66 bits per heavy atom. The molecule has 1 aliphatic heterocycles. The van der Waals surface area contributed by atoms with Crippen LogP contribution in [-0.4, -0.2) is 39.7 Å².